The fourth-order valence-electron chi connectivity index (χ4n) is 5.53. The van der Waals surface area contributed by atoms with E-state index in [4.69, 9.17) is 0 Å². The van der Waals surface area contributed by atoms with Crippen LogP contribution in [0, 0.1) is 0 Å². The van der Waals surface area contributed by atoms with Crippen molar-refractivity contribution in [1.82, 2.24) is 15.3 Å². The number of hydrogen-bond donors (Lipinski definition) is 1. The Morgan fingerprint density at radius 1 is 0.889 bits per heavy atom. The van der Waals surface area contributed by atoms with Crippen LogP contribution in [0.5, 0.6) is 0 Å². The van der Waals surface area contributed by atoms with Gasteiger partial charge in [0, 0.05) is 25.2 Å². The molecule has 1 aliphatic carbocycles. The van der Waals surface area contributed by atoms with E-state index in [-0.39, 0.29) is 23.8 Å². The Morgan fingerprint density at radius 3 is 2.36 bits per heavy atom. The number of nitrogens with one attached hydrogen (secondary N) is 1. The van der Waals surface area contributed by atoms with Gasteiger partial charge in [0.05, 0.1) is 12.0 Å². The van der Waals surface area contributed by atoms with Gasteiger partial charge >= 0.3 is 0 Å². The minimum atomic E-state index is -0.284. The first kappa shape index (κ1) is 24.3. The van der Waals surface area contributed by atoms with Crippen LogP contribution in [0.15, 0.2) is 72.8 Å². The monoisotopic (exact) mass is 481 g/mol. The summed E-state index contributed by atoms with van der Waals surface area (Å²) in [5.41, 5.74) is 6.63. The molecule has 1 aliphatic heterocycles. The maximum atomic E-state index is 14.3. The Bertz CT molecular complexity index is 1230. The van der Waals surface area contributed by atoms with Crippen molar-refractivity contribution in [2.45, 2.75) is 51.5 Å². The van der Waals surface area contributed by atoms with Crippen LogP contribution in [0.2, 0.25) is 0 Å². The Balaban J connectivity index is 1.37. The molecule has 5 nitrogen and oxygen atoms in total. The van der Waals surface area contributed by atoms with Gasteiger partial charge in [-0.3, -0.25) is 14.6 Å². The van der Waals surface area contributed by atoms with Gasteiger partial charge in [0.2, 0.25) is 5.91 Å². The highest BCUT2D eigenvalue weighted by molar-refractivity contribution is 5.97. The second-order valence-electron chi connectivity index (χ2n) is 9.87. The lowest BCUT2D eigenvalue weighted by Gasteiger charge is -2.46. The van der Waals surface area contributed by atoms with Crippen LogP contribution in [0.1, 0.15) is 66.1 Å². The number of hydrogen-bond acceptors (Lipinski definition) is 3. The van der Waals surface area contributed by atoms with E-state index in [1.165, 1.54) is 22.3 Å². The lowest BCUT2D eigenvalue weighted by molar-refractivity contribution is -0.160. The first-order valence-electron chi connectivity index (χ1n) is 13.3. The largest absolute Gasteiger partial charge is 0.347 e. The number of rotatable bonds is 9. The predicted octanol–water partition coefficient (Wildman–Crippen LogP) is 5.41. The van der Waals surface area contributed by atoms with Crippen molar-refractivity contribution in [3.8, 4) is 11.1 Å². The van der Waals surface area contributed by atoms with Crippen molar-refractivity contribution in [2.75, 3.05) is 19.6 Å². The third-order valence-corrected chi connectivity index (χ3v) is 7.36. The number of carbonyl (C=O) groups excluding carboxylic acids is 2. The summed E-state index contributed by atoms with van der Waals surface area (Å²) in [5, 5.41) is 7.16. The molecule has 2 aliphatic rings. The minimum absolute atomic E-state index is 0.0353. The van der Waals surface area contributed by atoms with Crippen molar-refractivity contribution in [3.05, 3.63) is 95.1 Å². The predicted molar refractivity (Wildman–Crippen MR) is 144 cm³/mol. The van der Waals surface area contributed by atoms with Gasteiger partial charge in [-0.2, -0.15) is 0 Å². The molecular weight excluding hydrogens is 446 g/mol. The zero-order chi connectivity index (χ0) is 25.1. The molecule has 5 rings (SSSR count). The van der Waals surface area contributed by atoms with Crippen molar-refractivity contribution in [2.24, 2.45) is 0 Å². The highest BCUT2D eigenvalue weighted by atomic mass is 16.2. The Morgan fingerprint density at radius 2 is 1.61 bits per heavy atom. The molecule has 0 radical (unpaired) electrons. The van der Waals surface area contributed by atoms with E-state index in [1.807, 2.05) is 41.4 Å². The number of fused-ring (bicyclic) bond motifs is 3. The Labute approximate surface area is 214 Å². The molecule has 1 unspecified atom stereocenters. The SMILES string of the molecule is CCCCc1cccc2c1C(C(=O)N(CCC)N1CC(NC(=O)c3ccccc3)C1)c1ccccc1-2. The second kappa shape index (κ2) is 10.7. The molecule has 1 N–H and O–H groups in total. The van der Waals surface area contributed by atoms with Crippen molar-refractivity contribution < 1.29 is 9.59 Å². The van der Waals surface area contributed by atoms with Gasteiger partial charge in [-0.05, 0) is 59.2 Å². The van der Waals surface area contributed by atoms with Crippen LogP contribution in [0.3, 0.4) is 0 Å². The summed E-state index contributed by atoms with van der Waals surface area (Å²) >= 11 is 0. The van der Waals surface area contributed by atoms with Gasteiger partial charge in [0.25, 0.3) is 5.91 Å². The molecular formula is C31H35N3O2. The molecule has 1 heterocycles. The number of benzene rings is 3. The number of carbonyl (C=O) groups is 2. The van der Waals surface area contributed by atoms with Gasteiger partial charge in [-0.1, -0.05) is 80.9 Å². The summed E-state index contributed by atoms with van der Waals surface area (Å²) in [6.07, 6.45) is 4.10. The van der Waals surface area contributed by atoms with Gasteiger partial charge < -0.3 is 5.32 Å². The molecule has 186 valence electrons. The molecule has 2 amide bonds. The number of hydrazine groups is 1. The zero-order valence-electron chi connectivity index (χ0n) is 21.2. The van der Waals surface area contributed by atoms with E-state index in [1.54, 1.807) is 0 Å². The quantitative estimate of drug-likeness (QED) is 0.445. The molecule has 36 heavy (non-hydrogen) atoms. The maximum absolute atomic E-state index is 14.3. The molecule has 0 saturated carbocycles. The van der Waals surface area contributed by atoms with Crippen LogP contribution in [0.25, 0.3) is 11.1 Å². The molecule has 0 aromatic heterocycles. The second-order valence-corrected chi connectivity index (χ2v) is 9.87. The van der Waals surface area contributed by atoms with Crippen molar-refractivity contribution in [3.63, 3.8) is 0 Å². The van der Waals surface area contributed by atoms with Crippen LogP contribution in [-0.4, -0.2) is 47.5 Å². The van der Waals surface area contributed by atoms with Crippen molar-refractivity contribution in [1.29, 1.82) is 0 Å². The Kier molecular flexibility index (Phi) is 7.19. The average molecular weight is 482 g/mol. The summed E-state index contributed by atoms with van der Waals surface area (Å²) in [4.78, 5) is 26.8. The first-order valence-corrected chi connectivity index (χ1v) is 13.3. The number of unbranched alkanes of at least 4 members (excludes halogenated alkanes) is 1. The molecule has 1 atom stereocenters. The lowest BCUT2D eigenvalue weighted by atomic mass is 9.89. The molecule has 1 saturated heterocycles. The lowest BCUT2D eigenvalue weighted by Crippen LogP contribution is -2.66. The number of nitrogens with zero attached hydrogens (tertiary/aromatic N) is 2. The summed E-state index contributed by atoms with van der Waals surface area (Å²) < 4.78 is 0. The standard InChI is InChI=1S/C31H35N3O2/c1-3-5-12-22-15-11-18-26-25-16-9-10-17-27(25)29(28(22)26)31(36)34(19-4-2)33-20-24(21-33)32-30(35)23-13-7-6-8-14-23/h6-11,13-18,24,29H,3-5,12,19-21H2,1-2H3,(H,32,35). The van der Waals surface area contributed by atoms with E-state index in [0.717, 1.165) is 31.2 Å². The van der Waals surface area contributed by atoms with Gasteiger partial charge in [0.15, 0.2) is 0 Å². The highest BCUT2D eigenvalue weighted by Crippen LogP contribution is 2.47. The zero-order valence-corrected chi connectivity index (χ0v) is 21.2. The van der Waals surface area contributed by atoms with E-state index in [9.17, 15) is 9.59 Å². The average Bonchev–Trinajstić information content (AvgIpc) is 3.23. The van der Waals surface area contributed by atoms with E-state index < -0.39 is 0 Å². The van der Waals surface area contributed by atoms with E-state index in [2.05, 4.69) is 60.6 Å². The highest BCUT2D eigenvalue weighted by Gasteiger charge is 2.41. The molecule has 0 bridgehead atoms. The van der Waals surface area contributed by atoms with Gasteiger partial charge in [-0.25, -0.2) is 5.01 Å². The summed E-state index contributed by atoms with van der Waals surface area (Å²) in [5.74, 6) is -0.207. The van der Waals surface area contributed by atoms with E-state index >= 15 is 0 Å². The van der Waals surface area contributed by atoms with Crippen LogP contribution >= 0.6 is 0 Å². The van der Waals surface area contributed by atoms with Gasteiger partial charge in [-0.15, -0.1) is 0 Å². The third kappa shape index (κ3) is 4.56. The fraction of sp³-hybridized carbons (Fsp3) is 0.355. The van der Waals surface area contributed by atoms with E-state index in [0.29, 0.717) is 25.2 Å². The van der Waals surface area contributed by atoms with Crippen LogP contribution in [0.4, 0.5) is 0 Å². The maximum Gasteiger partial charge on any atom is 0.251 e. The molecule has 5 heteroatoms. The first-order chi connectivity index (χ1) is 17.6. The summed E-state index contributed by atoms with van der Waals surface area (Å²) in [7, 11) is 0. The molecule has 1 fully saturated rings. The summed E-state index contributed by atoms with van der Waals surface area (Å²) in [6.45, 7) is 6.27. The topological polar surface area (TPSA) is 52.7 Å². The number of aryl methyl sites for hydroxylation is 1. The smallest absolute Gasteiger partial charge is 0.251 e. The molecule has 3 aromatic carbocycles. The molecule has 3 aromatic rings. The Hall–Kier alpha value is -3.44. The van der Waals surface area contributed by atoms with Crippen LogP contribution in [-0.2, 0) is 11.2 Å². The molecule has 0 spiro atoms. The fourth-order valence-corrected chi connectivity index (χ4v) is 5.53. The van der Waals surface area contributed by atoms with Gasteiger partial charge in [0.1, 0.15) is 0 Å². The number of amides is 2. The normalized spacial score (nSPS) is 16.7. The van der Waals surface area contributed by atoms with Crippen LogP contribution < -0.4 is 5.32 Å². The minimum Gasteiger partial charge on any atom is -0.347 e. The third-order valence-electron chi connectivity index (χ3n) is 7.36. The summed E-state index contributed by atoms with van der Waals surface area (Å²) in [6, 6.07) is 24.2. The van der Waals surface area contributed by atoms with Crippen molar-refractivity contribution >= 4 is 11.8 Å².